The van der Waals surface area contributed by atoms with Gasteiger partial charge in [-0.3, -0.25) is 9.69 Å². The van der Waals surface area contributed by atoms with E-state index in [1.54, 1.807) is 12.1 Å². The van der Waals surface area contributed by atoms with Crippen LogP contribution in [0, 0.1) is 0 Å². The molecule has 1 aliphatic heterocycles. The van der Waals surface area contributed by atoms with Crippen LogP contribution in [-0.4, -0.2) is 50.2 Å². The first-order valence-corrected chi connectivity index (χ1v) is 7.41. The summed E-state index contributed by atoms with van der Waals surface area (Å²) in [6.07, 6.45) is 0.699. The number of carbonyl (C=O) groups excluding carboxylic acids is 1. The van der Waals surface area contributed by atoms with Crippen molar-refractivity contribution < 1.29 is 9.53 Å². The molecule has 1 aromatic carbocycles. The van der Waals surface area contributed by atoms with Crippen LogP contribution in [0.25, 0.3) is 0 Å². The van der Waals surface area contributed by atoms with Crippen LogP contribution in [0.4, 0.5) is 0 Å². The Labute approximate surface area is 129 Å². The fourth-order valence-electron chi connectivity index (χ4n) is 2.08. The molecule has 20 heavy (non-hydrogen) atoms. The maximum Gasteiger partial charge on any atom is 0.234 e. The summed E-state index contributed by atoms with van der Waals surface area (Å²) in [6, 6.07) is 5.41. The monoisotopic (exact) mass is 316 g/mol. The number of halogens is 2. The van der Waals surface area contributed by atoms with Gasteiger partial charge < -0.3 is 10.1 Å². The lowest BCUT2D eigenvalue weighted by Gasteiger charge is -2.25. The topological polar surface area (TPSA) is 41.6 Å². The Morgan fingerprint density at radius 1 is 1.30 bits per heavy atom. The second-order valence-electron chi connectivity index (χ2n) is 4.72. The Bertz CT molecular complexity index is 462. The highest BCUT2D eigenvalue weighted by Crippen LogP contribution is 2.20. The zero-order valence-corrected chi connectivity index (χ0v) is 12.7. The van der Waals surface area contributed by atoms with E-state index in [1.165, 1.54) is 0 Å². The standard InChI is InChI=1S/C14H18Cl2N2O2/c15-12-2-1-11(13(16)9-12)3-4-17-14(19)10-18-5-7-20-8-6-18/h1-2,9H,3-8,10H2,(H,17,19). The van der Waals surface area contributed by atoms with Gasteiger partial charge in [0.1, 0.15) is 0 Å². The fraction of sp³-hybridized carbons (Fsp3) is 0.500. The van der Waals surface area contributed by atoms with E-state index in [2.05, 4.69) is 10.2 Å². The van der Waals surface area contributed by atoms with Crippen molar-refractivity contribution >= 4 is 29.1 Å². The molecule has 1 saturated heterocycles. The quantitative estimate of drug-likeness (QED) is 0.903. The van der Waals surface area contributed by atoms with Gasteiger partial charge in [0.2, 0.25) is 5.91 Å². The maximum atomic E-state index is 11.8. The third-order valence-electron chi connectivity index (χ3n) is 3.20. The van der Waals surface area contributed by atoms with Gasteiger partial charge in [0.25, 0.3) is 0 Å². The Morgan fingerprint density at radius 3 is 2.75 bits per heavy atom. The summed E-state index contributed by atoms with van der Waals surface area (Å²) in [6.45, 7) is 4.04. The van der Waals surface area contributed by atoms with Crippen LogP contribution in [0.2, 0.25) is 10.0 Å². The molecule has 0 unspecified atom stereocenters. The zero-order chi connectivity index (χ0) is 14.4. The third kappa shape index (κ3) is 4.94. The molecule has 6 heteroatoms. The molecule has 110 valence electrons. The van der Waals surface area contributed by atoms with Crippen molar-refractivity contribution in [3.8, 4) is 0 Å². The number of hydrogen-bond donors (Lipinski definition) is 1. The molecular weight excluding hydrogens is 299 g/mol. The molecule has 0 spiro atoms. The predicted octanol–water partition coefficient (Wildman–Crippen LogP) is 1.98. The van der Waals surface area contributed by atoms with E-state index in [-0.39, 0.29) is 5.91 Å². The summed E-state index contributed by atoms with van der Waals surface area (Å²) < 4.78 is 5.24. The number of nitrogens with one attached hydrogen (secondary N) is 1. The average Bonchev–Trinajstić information content (AvgIpc) is 2.42. The summed E-state index contributed by atoms with van der Waals surface area (Å²) in [5.74, 6) is 0.0389. The first-order valence-electron chi connectivity index (χ1n) is 6.66. The van der Waals surface area contributed by atoms with Gasteiger partial charge in [-0.2, -0.15) is 0 Å². The first kappa shape index (κ1) is 15.6. The minimum atomic E-state index is 0.0389. The second-order valence-corrected chi connectivity index (χ2v) is 5.57. The van der Waals surface area contributed by atoms with Gasteiger partial charge in [-0.25, -0.2) is 0 Å². The van der Waals surface area contributed by atoms with E-state index >= 15 is 0 Å². The number of benzene rings is 1. The van der Waals surface area contributed by atoms with Crippen molar-refractivity contribution in [2.45, 2.75) is 6.42 Å². The van der Waals surface area contributed by atoms with E-state index in [1.807, 2.05) is 6.07 Å². The molecule has 0 saturated carbocycles. The van der Waals surface area contributed by atoms with Gasteiger partial charge in [-0.05, 0) is 24.1 Å². The maximum absolute atomic E-state index is 11.8. The first-order chi connectivity index (χ1) is 9.65. The molecule has 0 aromatic heterocycles. The van der Waals surface area contributed by atoms with Crippen molar-refractivity contribution in [2.75, 3.05) is 39.4 Å². The minimum Gasteiger partial charge on any atom is -0.379 e. The molecule has 0 atom stereocenters. The van der Waals surface area contributed by atoms with Gasteiger partial charge in [-0.1, -0.05) is 29.3 Å². The largest absolute Gasteiger partial charge is 0.379 e. The lowest BCUT2D eigenvalue weighted by Crippen LogP contribution is -2.43. The summed E-state index contributed by atoms with van der Waals surface area (Å²) in [4.78, 5) is 13.9. The van der Waals surface area contributed by atoms with Crippen molar-refractivity contribution in [1.29, 1.82) is 0 Å². The lowest BCUT2D eigenvalue weighted by atomic mass is 10.1. The highest BCUT2D eigenvalue weighted by atomic mass is 35.5. The van der Waals surface area contributed by atoms with Gasteiger partial charge >= 0.3 is 0 Å². The zero-order valence-electron chi connectivity index (χ0n) is 11.2. The molecule has 4 nitrogen and oxygen atoms in total. The summed E-state index contributed by atoms with van der Waals surface area (Å²) >= 11 is 11.9. The smallest absolute Gasteiger partial charge is 0.234 e. The summed E-state index contributed by atoms with van der Waals surface area (Å²) in [7, 11) is 0. The molecular formula is C14H18Cl2N2O2. The van der Waals surface area contributed by atoms with E-state index < -0.39 is 0 Å². The van der Waals surface area contributed by atoms with E-state index in [9.17, 15) is 4.79 Å². The van der Waals surface area contributed by atoms with Crippen LogP contribution in [0.3, 0.4) is 0 Å². The second kappa shape index (κ2) is 7.84. The Kier molecular flexibility index (Phi) is 6.10. The van der Waals surface area contributed by atoms with Crippen molar-refractivity contribution in [3.63, 3.8) is 0 Å². The normalized spacial score (nSPS) is 16.1. The molecule has 1 heterocycles. The molecule has 1 aliphatic rings. The number of morpholine rings is 1. The van der Waals surface area contributed by atoms with Gasteiger partial charge in [0.05, 0.1) is 19.8 Å². The van der Waals surface area contributed by atoms with Gasteiger partial charge in [0.15, 0.2) is 0 Å². The van der Waals surface area contributed by atoms with Crippen LogP contribution >= 0.6 is 23.2 Å². The SMILES string of the molecule is O=C(CN1CCOCC1)NCCc1ccc(Cl)cc1Cl. The van der Waals surface area contributed by atoms with Crippen LogP contribution < -0.4 is 5.32 Å². The molecule has 0 aliphatic carbocycles. The van der Waals surface area contributed by atoms with Crippen molar-refractivity contribution in [3.05, 3.63) is 33.8 Å². The van der Waals surface area contributed by atoms with Crippen LogP contribution in [-0.2, 0) is 16.0 Å². The van der Waals surface area contributed by atoms with Crippen LogP contribution in [0.1, 0.15) is 5.56 Å². The van der Waals surface area contributed by atoms with Crippen molar-refractivity contribution in [1.82, 2.24) is 10.2 Å². The average molecular weight is 317 g/mol. The number of rotatable bonds is 5. The number of amides is 1. The van der Waals surface area contributed by atoms with Crippen molar-refractivity contribution in [2.24, 2.45) is 0 Å². The van der Waals surface area contributed by atoms with Gasteiger partial charge in [-0.15, -0.1) is 0 Å². The predicted molar refractivity (Wildman–Crippen MR) is 80.4 cm³/mol. The Morgan fingerprint density at radius 2 is 2.05 bits per heavy atom. The summed E-state index contributed by atoms with van der Waals surface area (Å²) in [5, 5.41) is 4.17. The molecule has 1 N–H and O–H groups in total. The van der Waals surface area contributed by atoms with E-state index in [0.29, 0.717) is 42.8 Å². The molecule has 1 fully saturated rings. The Balaban J connectivity index is 1.70. The molecule has 1 amide bonds. The minimum absolute atomic E-state index is 0.0389. The Hall–Kier alpha value is -0.810. The molecule has 0 bridgehead atoms. The number of ether oxygens (including phenoxy) is 1. The molecule has 0 radical (unpaired) electrons. The van der Waals surface area contributed by atoms with E-state index in [0.717, 1.165) is 18.7 Å². The van der Waals surface area contributed by atoms with E-state index in [4.69, 9.17) is 27.9 Å². The highest BCUT2D eigenvalue weighted by Gasteiger charge is 2.13. The van der Waals surface area contributed by atoms with Crippen LogP contribution in [0.5, 0.6) is 0 Å². The number of nitrogens with zero attached hydrogens (tertiary/aromatic N) is 1. The highest BCUT2D eigenvalue weighted by molar-refractivity contribution is 6.35. The molecule has 1 aromatic rings. The number of hydrogen-bond acceptors (Lipinski definition) is 3. The lowest BCUT2D eigenvalue weighted by molar-refractivity contribution is -0.123. The summed E-state index contributed by atoms with van der Waals surface area (Å²) in [5.41, 5.74) is 0.989. The fourth-order valence-corrected chi connectivity index (χ4v) is 2.58. The molecule has 2 rings (SSSR count). The third-order valence-corrected chi connectivity index (χ3v) is 3.79. The van der Waals surface area contributed by atoms with Crippen LogP contribution in [0.15, 0.2) is 18.2 Å². The number of carbonyl (C=O) groups is 1. The van der Waals surface area contributed by atoms with Gasteiger partial charge in [0, 0.05) is 29.7 Å².